The van der Waals surface area contributed by atoms with Gasteiger partial charge in [0.05, 0.1) is 5.69 Å². The number of nitrogens with zero attached hydrogens (tertiary/aromatic N) is 1. The van der Waals surface area contributed by atoms with E-state index in [2.05, 4.69) is 48.1 Å². The maximum atomic E-state index is 13.8. The van der Waals surface area contributed by atoms with E-state index in [1.807, 2.05) is 6.07 Å². The lowest BCUT2D eigenvalue weighted by Crippen LogP contribution is -2.00. The van der Waals surface area contributed by atoms with Crippen molar-refractivity contribution in [1.82, 2.24) is 4.57 Å². The lowest BCUT2D eigenvalue weighted by molar-refractivity contribution is -0.122. The van der Waals surface area contributed by atoms with Gasteiger partial charge >= 0.3 is 0 Å². The molecule has 0 aliphatic rings. The molecule has 4 nitrogen and oxygen atoms in total. The first-order chi connectivity index (χ1) is 14.0. The predicted octanol–water partition coefficient (Wildman–Crippen LogP) is 5.33. The Hall–Kier alpha value is -2.57. The van der Waals surface area contributed by atoms with Crippen LogP contribution in [0.15, 0.2) is 59.5 Å². The van der Waals surface area contributed by atoms with Gasteiger partial charge in [0.15, 0.2) is 0 Å². The van der Waals surface area contributed by atoms with E-state index in [0.717, 1.165) is 41.9 Å². The maximum absolute atomic E-state index is 13.8. The van der Waals surface area contributed by atoms with Crippen molar-refractivity contribution in [3.05, 3.63) is 71.7 Å². The van der Waals surface area contributed by atoms with Gasteiger partial charge < -0.3 is 14.8 Å². The van der Waals surface area contributed by atoms with Crippen LogP contribution in [-0.2, 0) is 11.2 Å². The summed E-state index contributed by atoms with van der Waals surface area (Å²) in [5.74, 6) is -0.235. The average Bonchev–Trinajstić information content (AvgIpc) is 3.05. The van der Waals surface area contributed by atoms with Crippen molar-refractivity contribution in [3.63, 3.8) is 0 Å². The van der Waals surface area contributed by atoms with Crippen LogP contribution in [0, 0.1) is 12.7 Å². The molecular formula is C23H26FNO3S. The highest BCUT2D eigenvalue weighted by Crippen LogP contribution is 2.31. The van der Waals surface area contributed by atoms with Crippen molar-refractivity contribution >= 4 is 18.2 Å². The predicted molar refractivity (Wildman–Crippen MR) is 116 cm³/mol. The van der Waals surface area contributed by atoms with Gasteiger partial charge in [-0.3, -0.25) is 4.79 Å². The van der Waals surface area contributed by atoms with Crippen LogP contribution < -0.4 is 0 Å². The molecular weight excluding hydrogens is 389 g/mol. The SMILES string of the molecule is CSc1ccc(-c2cc(CCCCO)c(C)n2-c2cccc(F)c2)cc1.O=CO. The summed E-state index contributed by atoms with van der Waals surface area (Å²) in [6.07, 6.45) is 4.70. The molecule has 0 aliphatic heterocycles. The number of carboxylic acid groups (broad SMARTS) is 1. The number of halogens is 1. The minimum absolute atomic E-state index is 0.215. The lowest BCUT2D eigenvalue weighted by Gasteiger charge is -2.13. The van der Waals surface area contributed by atoms with Crippen LogP contribution >= 0.6 is 11.8 Å². The number of aryl methyl sites for hydroxylation is 1. The fraction of sp³-hybridized carbons (Fsp3) is 0.261. The van der Waals surface area contributed by atoms with Crippen LogP contribution in [-0.4, -0.2) is 34.1 Å². The van der Waals surface area contributed by atoms with E-state index in [4.69, 9.17) is 15.0 Å². The van der Waals surface area contributed by atoms with Crippen molar-refractivity contribution in [2.75, 3.05) is 12.9 Å². The van der Waals surface area contributed by atoms with Crippen molar-refractivity contribution < 1.29 is 19.4 Å². The van der Waals surface area contributed by atoms with Crippen molar-refractivity contribution in [1.29, 1.82) is 0 Å². The third-order valence-corrected chi connectivity index (χ3v) is 5.40. The first kappa shape index (κ1) is 22.7. The molecule has 0 aliphatic carbocycles. The number of aromatic nitrogens is 1. The van der Waals surface area contributed by atoms with Gasteiger partial charge in [-0.05, 0) is 80.0 Å². The second kappa shape index (κ2) is 11.4. The Kier molecular flexibility index (Phi) is 8.96. The Balaban J connectivity index is 0.000000941. The number of hydrogen-bond donors (Lipinski definition) is 2. The fourth-order valence-corrected chi connectivity index (χ4v) is 3.67. The Morgan fingerprint density at radius 2 is 1.79 bits per heavy atom. The van der Waals surface area contributed by atoms with Crippen LogP contribution in [0.4, 0.5) is 4.39 Å². The van der Waals surface area contributed by atoms with Gasteiger partial charge in [-0.1, -0.05) is 18.2 Å². The van der Waals surface area contributed by atoms with Gasteiger partial charge in [-0.2, -0.15) is 0 Å². The van der Waals surface area contributed by atoms with Crippen LogP contribution in [0.1, 0.15) is 24.1 Å². The molecule has 0 unspecified atom stereocenters. The maximum Gasteiger partial charge on any atom is 0.290 e. The number of thioether (sulfide) groups is 1. The topological polar surface area (TPSA) is 62.5 Å². The highest BCUT2D eigenvalue weighted by atomic mass is 32.2. The number of unbranched alkanes of at least 4 members (excludes halogenated alkanes) is 1. The van der Waals surface area contributed by atoms with E-state index in [9.17, 15) is 4.39 Å². The monoisotopic (exact) mass is 415 g/mol. The molecule has 6 heteroatoms. The minimum Gasteiger partial charge on any atom is -0.483 e. The molecule has 0 radical (unpaired) electrons. The zero-order valence-corrected chi connectivity index (χ0v) is 17.5. The smallest absolute Gasteiger partial charge is 0.290 e. The van der Waals surface area contributed by atoms with Gasteiger partial charge in [0.2, 0.25) is 0 Å². The summed E-state index contributed by atoms with van der Waals surface area (Å²) in [4.78, 5) is 9.58. The number of rotatable bonds is 7. The highest BCUT2D eigenvalue weighted by molar-refractivity contribution is 7.98. The Bertz CT molecular complexity index is 922. The summed E-state index contributed by atoms with van der Waals surface area (Å²) in [6, 6.07) is 17.4. The van der Waals surface area contributed by atoms with Gasteiger partial charge in [0, 0.05) is 22.9 Å². The molecule has 0 saturated heterocycles. The van der Waals surface area contributed by atoms with E-state index < -0.39 is 0 Å². The van der Waals surface area contributed by atoms with Crippen molar-refractivity contribution in [2.24, 2.45) is 0 Å². The lowest BCUT2D eigenvalue weighted by atomic mass is 10.1. The number of benzene rings is 2. The molecule has 154 valence electrons. The van der Waals surface area contributed by atoms with Gasteiger partial charge in [-0.25, -0.2) is 4.39 Å². The number of aliphatic hydroxyl groups excluding tert-OH is 1. The molecule has 0 fully saturated rings. The standard InChI is InChI=1S/C22H24FNOS.CH2O2/c1-16-18(6-3-4-13-25)14-22(17-9-11-21(26-2)12-10-17)24(16)20-8-5-7-19(23)15-20;2-1-3/h5,7-12,14-15,25H,3-4,6,13H2,1-2H3;1H,(H,2,3). The summed E-state index contributed by atoms with van der Waals surface area (Å²) in [5, 5.41) is 15.9. The summed E-state index contributed by atoms with van der Waals surface area (Å²) in [7, 11) is 0. The quantitative estimate of drug-likeness (QED) is 0.311. The molecule has 2 aromatic carbocycles. The summed E-state index contributed by atoms with van der Waals surface area (Å²) < 4.78 is 16.0. The van der Waals surface area contributed by atoms with Crippen LogP contribution in [0.2, 0.25) is 0 Å². The first-order valence-corrected chi connectivity index (χ1v) is 10.6. The zero-order chi connectivity index (χ0) is 21.2. The summed E-state index contributed by atoms with van der Waals surface area (Å²) in [6.45, 7) is 2.05. The summed E-state index contributed by atoms with van der Waals surface area (Å²) in [5.41, 5.74) is 5.38. The van der Waals surface area contributed by atoms with Gasteiger partial charge in [0.25, 0.3) is 6.47 Å². The van der Waals surface area contributed by atoms with Crippen LogP contribution in [0.25, 0.3) is 16.9 Å². The molecule has 0 atom stereocenters. The van der Waals surface area contributed by atoms with Crippen LogP contribution in [0.3, 0.4) is 0 Å². The van der Waals surface area contributed by atoms with Gasteiger partial charge in [-0.15, -0.1) is 11.8 Å². The largest absolute Gasteiger partial charge is 0.483 e. The number of hydrogen-bond acceptors (Lipinski definition) is 3. The molecule has 0 saturated carbocycles. The Morgan fingerprint density at radius 1 is 1.10 bits per heavy atom. The average molecular weight is 416 g/mol. The Labute approximate surface area is 175 Å². The highest BCUT2D eigenvalue weighted by Gasteiger charge is 2.15. The Morgan fingerprint density at radius 3 is 2.38 bits per heavy atom. The normalized spacial score (nSPS) is 10.3. The first-order valence-electron chi connectivity index (χ1n) is 9.36. The van der Waals surface area contributed by atoms with E-state index in [1.54, 1.807) is 23.9 Å². The van der Waals surface area contributed by atoms with E-state index in [0.29, 0.717) is 0 Å². The van der Waals surface area contributed by atoms with Crippen molar-refractivity contribution in [2.45, 2.75) is 31.1 Å². The van der Waals surface area contributed by atoms with Crippen LogP contribution in [0.5, 0.6) is 0 Å². The molecule has 3 rings (SSSR count). The van der Waals surface area contributed by atoms with E-state index >= 15 is 0 Å². The number of carbonyl (C=O) groups is 1. The molecule has 29 heavy (non-hydrogen) atoms. The fourth-order valence-electron chi connectivity index (χ4n) is 3.26. The molecule has 2 N–H and O–H groups in total. The second-order valence-corrected chi connectivity index (χ2v) is 7.35. The molecule has 1 heterocycles. The van der Waals surface area contributed by atoms with Crippen molar-refractivity contribution in [3.8, 4) is 16.9 Å². The number of aliphatic hydroxyl groups is 1. The van der Waals surface area contributed by atoms with E-state index in [1.165, 1.54) is 16.5 Å². The third-order valence-electron chi connectivity index (χ3n) is 4.66. The summed E-state index contributed by atoms with van der Waals surface area (Å²) >= 11 is 1.72. The third kappa shape index (κ3) is 5.95. The molecule has 3 aromatic rings. The second-order valence-electron chi connectivity index (χ2n) is 6.47. The zero-order valence-electron chi connectivity index (χ0n) is 16.6. The molecule has 0 spiro atoms. The van der Waals surface area contributed by atoms with Gasteiger partial charge in [0.1, 0.15) is 5.82 Å². The molecule has 1 aromatic heterocycles. The minimum atomic E-state index is -0.250. The van der Waals surface area contributed by atoms with E-state index in [-0.39, 0.29) is 18.9 Å². The molecule has 0 bridgehead atoms. The molecule has 0 amide bonds.